The molecular weight excluding hydrogens is 332 g/mol. The van der Waals surface area contributed by atoms with E-state index in [1.807, 2.05) is 0 Å². The molecule has 1 N–H and O–H groups in total. The quantitative estimate of drug-likeness (QED) is 0.646. The fourth-order valence-corrected chi connectivity index (χ4v) is 5.44. The second-order valence-corrected chi connectivity index (χ2v) is 9.65. The second-order valence-electron chi connectivity index (χ2n) is 8.48. The van der Waals surface area contributed by atoms with Gasteiger partial charge in [-0.2, -0.15) is 0 Å². The van der Waals surface area contributed by atoms with Gasteiger partial charge >= 0.3 is 6.03 Å². The van der Waals surface area contributed by atoms with Crippen LogP contribution < -0.4 is 5.32 Å². The average molecular weight is 361 g/mol. The van der Waals surface area contributed by atoms with Crippen molar-refractivity contribution >= 4 is 23.7 Å². The van der Waals surface area contributed by atoms with Gasteiger partial charge < -0.3 is 5.32 Å². The van der Waals surface area contributed by atoms with Crippen LogP contribution in [0.5, 0.6) is 0 Å². The predicted molar refractivity (Wildman–Crippen MR) is 102 cm³/mol. The van der Waals surface area contributed by atoms with Crippen LogP contribution in [-0.2, 0) is 4.79 Å². The number of benzene rings is 1. The Morgan fingerprint density at radius 3 is 2.52 bits per heavy atom. The topological polar surface area (TPSA) is 49.4 Å². The third-order valence-corrected chi connectivity index (χ3v) is 6.22. The summed E-state index contributed by atoms with van der Waals surface area (Å²) in [5.74, 6) is 1.13. The van der Waals surface area contributed by atoms with E-state index in [0.29, 0.717) is 12.5 Å². The first-order chi connectivity index (χ1) is 11.7. The van der Waals surface area contributed by atoms with Gasteiger partial charge in [-0.1, -0.05) is 38.5 Å². The van der Waals surface area contributed by atoms with Crippen molar-refractivity contribution in [2.24, 2.45) is 11.3 Å². The van der Waals surface area contributed by atoms with Crippen molar-refractivity contribution in [3.05, 3.63) is 29.8 Å². The maximum Gasteiger partial charge on any atom is 0.325 e. The number of carbonyl (C=O) groups is 2. The van der Waals surface area contributed by atoms with Gasteiger partial charge in [-0.15, -0.1) is 11.8 Å². The molecule has 0 unspecified atom stereocenters. The number of carbonyl (C=O) groups excluding carboxylic acids is 2. The summed E-state index contributed by atoms with van der Waals surface area (Å²) in [5.41, 5.74) is 0.620. The summed E-state index contributed by atoms with van der Waals surface area (Å²) in [7, 11) is 0. The molecule has 1 saturated carbocycles. The van der Waals surface area contributed by atoms with Crippen LogP contribution >= 0.6 is 11.8 Å². The first-order valence-corrected chi connectivity index (χ1v) is 10.0. The van der Waals surface area contributed by atoms with Gasteiger partial charge in [0.25, 0.3) is 5.91 Å². The SMILES string of the molecule is Cc1ccc(SCCN2C(=O)N[C@@]3(C[C@H](C)CC(C)(C)C3)C2=O)cc1. The Bertz CT molecular complexity index is 671. The molecule has 136 valence electrons. The molecule has 0 bridgehead atoms. The number of hydrogen-bond donors (Lipinski definition) is 1. The lowest BCUT2D eigenvalue weighted by atomic mass is 9.64. The maximum atomic E-state index is 13.0. The van der Waals surface area contributed by atoms with Crippen molar-refractivity contribution in [1.82, 2.24) is 10.2 Å². The van der Waals surface area contributed by atoms with Gasteiger partial charge in [-0.3, -0.25) is 9.69 Å². The molecule has 1 spiro atoms. The number of thioether (sulfide) groups is 1. The van der Waals surface area contributed by atoms with Gasteiger partial charge in [0.2, 0.25) is 0 Å². The average Bonchev–Trinajstić information content (AvgIpc) is 2.70. The lowest BCUT2D eigenvalue weighted by Crippen LogP contribution is -2.54. The van der Waals surface area contributed by atoms with E-state index in [4.69, 9.17) is 0 Å². The maximum absolute atomic E-state index is 13.0. The molecule has 1 aliphatic heterocycles. The highest BCUT2D eigenvalue weighted by molar-refractivity contribution is 7.99. The van der Waals surface area contributed by atoms with E-state index in [-0.39, 0.29) is 17.4 Å². The van der Waals surface area contributed by atoms with Crippen LogP contribution in [0.2, 0.25) is 0 Å². The van der Waals surface area contributed by atoms with Gasteiger partial charge in [0.1, 0.15) is 5.54 Å². The Hall–Kier alpha value is -1.49. The summed E-state index contributed by atoms with van der Waals surface area (Å²) in [5, 5.41) is 3.04. The van der Waals surface area contributed by atoms with E-state index < -0.39 is 5.54 Å². The lowest BCUT2D eigenvalue weighted by Gasteiger charge is -2.43. The molecule has 0 radical (unpaired) electrons. The Balaban J connectivity index is 1.64. The van der Waals surface area contributed by atoms with Crippen molar-refractivity contribution in [2.45, 2.75) is 57.4 Å². The van der Waals surface area contributed by atoms with E-state index in [0.717, 1.165) is 25.0 Å². The molecule has 1 aromatic rings. The summed E-state index contributed by atoms with van der Waals surface area (Å²) in [4.78, 5) is 28.1. The molecule has 2 fully saturated rings. The monoisotopic (exact) mass is 360 g/mol. The van der Waals surface area contributed by atoms with Crippen molar-refractivity contribution in [2.75, 3.05) is 12.3 Å². The first kappa shape index (κ1) is 18.3. The fourth-order valence-electron chi connectivity index (χ4n) is 4.60. The molecule has 3 amide bonds. The van der Waals surface area contributed by atoms with Crippen LogP contribution in [-0.4, -0.2) is 34.7 Å². The summed E-state index contributed by atoms with van der Waals surface area (Å²) < 4.78 is 0. The van der Waals surface area contributed by atoms with Gasteiger partial charge in [-0.05, 0) is 49.7 Å². The van der Waals surface area contributed by atoms with Crippen molar-refractivity contribution in [1.29, 1.82) is 0 Å². The van der Waals surface area contributed by atoms with E-state index in [9.17, 15) is 9.59 Å². The van der Waals surface area contributed by atoms with Crippen LogP contribution in [0.3, 0.4) is 0 Å². The van der Waals surface area contributed by atoms with E-state index in [1.165, 1.54) is 15.4 Å². The van der Waals surface area contributed by atoms with Crippen LogP contribution in [0.25, 0.3) is 0 Å². The van der Waals surface area contributed by atoms with Gasteiger partial charge in [-0.25, -0.2) is 4.79 Å². The minimum atomic E-state index is -0.688. The zero-order chi connectivity index (χ0) is 18.2. The molecule has 2 atom stereocenters. The predicted octanol–water partition coefficient (Wildman–Crippen LogP) is 4.22. The summed E-state index contributed by atoms with van der Waals surface area (Å²) in [6.07, 6.45) is 2.58. The normalized spacial score (nSPS) is 28.5. The first-order valence-electron chi connectivity index (χ1n) is 9.04. The molecular formula is C20H28N2O2S. The highest BCUT2D eigenvalue weighted by Crippen LogP contribution is 2.46. The highest BCUT2D eigenvalue weighted by atomic mass is 32.2. The minimum absolute atomic E-state index is 0.0263. The number of imide groups is 1. The molecule has 25 heavy (non-hydrogen) atoms. The van der Waals surface area contributed by atoms with Crippen molar-refractivity contribution in [3.8, 4) is 0 Å². The van der Waals surface area contributed by atoms with Crippen LogP contribution in [0.4, 0.5) is 4.79 Å². The number of hydrogen-bond acceptors (Lipinski definition) is 3. The standard InChI is InChI=1S/C20H28N2O2S/c1-14-5-7-16(8-6-14)25-10-9-22-17(23)20(21-18(22)24)12-15(2)11-19(3,4)13-20/h5-8,15H,9-13H2,1-4H3,(H,21,24)/t15-,20-/m1/s1. The van der Waals surface area contributed by atoms with E-state index in [2.05, 4.69) is 57.3 Å². The van der Waals surface area contributed by atoms with Crippen LogP contribution in [0.1, 0.15) is 45.6 Å². The molecule has 2 aliphatic rings. The summed E-state index contributed by atoms with van der Waals surface area (Å²) >= 11 is 1.68. The number of nitrogens with one attached hydrogen (secondary N) is 1. The molecule has 1 heterocycles. The summed E-state index contributed by atoms with van der Waals surface area (Å²) in [6.45, 7) is 9.09. The van der Waals surface area contributed by atoms with Gasteiger partial charge in [0, 0.05) is 17.2 Å². The zero-order valence-corrected chi connectivity index (χ0v) is 16.4. The smallest absolute Gasteiger partial charge is 0.323 e. The van der Waals surface area contributed by atoms with Crippen molar-refractivity contribution < 1.29 is 9.59 Å². The minimum Gasteiger partial charge on any atom is -0.323 e. The molecule has 1 saturated heterocycles. The summed E-state index contributed by atoms with van der Waals surface area (Å²) in [6, 6.07) is 8.10. The molecule has 3 rings (SSSR count). The second kappa shape index (κ2) is 6.67. The number of rotatable bonds is 4. The number of amides is 3. The van der Waals surface area contributed by atoms with E-state index >= 15 is 0 Å². The number of aryl methyl sites for hydroxylation is 1. The lowest BCUT2D eigenvalue weighted by molar-refractivity contribution is -0.134. The zero-order valence-electron chi connectivity index (χ0n) is 15.6. The molecule has 5 heteroatoms. The number of urea groups is 1. The molecule has 1 aromatic carbocycles. The van der Waals surface area contributed by atoms with Crippen LogP contribution in [0, 0.1) is 18.3 Å². The molecule has 0 aromatic heterocycles. The molecule has 4 nitrogen and oxygen atoms in total. The third kappa shape index (κ3) is 3.86. The van der Waals surface area contributed by atoms with Crippen molar-refractivity contribution in [3.63, 3.8) is 0 Å². The number of nitrogens with zero attached hydrogens (tertiary/aromatic N) is 1. The Morgan fingerprint density at radius 2 is 1.88 bits per heavy atom. The largest absolute Gasteiger partial charge is 0.325 e. The van der Waals surface area contributed by atoms with E-state index in [1.54, 1.807) is 11.8 Å². The molecule has 1 aliphatic carbocycles. The Kier molecular flexibility index (Phi) is 4.89. The Morgan fingerprint density at radius 1 is 1.20 bits per heavy atom. The Labute approximate surface area is 154 Å². The fraction of sp³-hybridized carbons (Fsp3) is 0.600. The van der Waals surface area contributed by atoms with Crippen LogP contribution in [0.15, 0.2) is 29.2 Å². The third-order valence-electron chi connectivity index (χ3n) is 5.23. The van der Waals surface area contributed by atoms with Gasteiger partial charge in [0.15, 0.2) is 0 Å². The highest BCUT2D eigenvalue weighted by Gasteiger charge is 2.55. The van der Waals surface area contributed by atoms with Gasteiger partial charge in [0.05, 0.1) is 0 Å².